The zero-order valence-corrected chi connectivity index (χ0v) is 16.3. The van der Waals surface area contributed by atoms with Crippen molar-refractivity contribution in [2.75, 3.05) is 36.0 Å². The van der Waals surface area contributed by atoms with Gasteiger partial charge < -0.3 is 9.80 Å². The fourth-order valence-corrected chi connectivity index (χ4v) is 5.67. The summed E-state index contributed by atoms with van der Waals surface area (Å²) in [5, 5.41) is 1.29. The molecule has 1 aliphatic carbocycles. The molecule has 0 amide bonds. The van der Waals surface area contributed by atoms with Gasteiger partial charge in [0, 0.05) is 36.7 Å². The Morgan fingerprint density at radius 3 is 2.56 bits per heavy atom. The molecule has 2 aromatic heterocycles. The lowest BCUT2D eigenvalue weighted by Crippen LogP contribution is -2.47. The number of nitrogens with zero attached hydrogens (tertiary/aromatic N) is 4. The van der Waals surface area contributed by atoms with Crippen molar-refractivity contribution in [3.05, 3.63) is 46.9 Å². The average molecular weight is 383 g/mol. The lowest BCUT2D eigenvalue weighted by Gasteiger charge is -2.37. The van der Waals surface area contributed by atoms with E-state index < -0.39 is 0 Å². The van der Waals surface area contributed by atoms with Gasteiger partial charge in [-0.3, -0.25) is 0 Å². The van der Waals surface area contributed by atoms with E-state index in [9.17, 15) is 4.39 Å². The summed E-state index contributed by atoms with van der Waals surface area (Å²) in [5.74, 6) is 1.68. The van der Waals surface area contributed by atoms with E-state index in [2.05, 4.69) is 21.7 Å². The molecule has 140 valence electrons. The standard InChI is InChI=1S/C21H23FN4S/c1-14-2-7-17-18(12-14)27-21-19(17)20(23-13-24-21)26-10-8-25(9-11-26)16-5-3-15(22)4-6-16/h3-6,13-14H,2,7-12H2,1H3/t14-/m0/s1. The summed E-state index contributed by atoms with van der Waals surface area (Å²) in [5.41, 5.74) is 2.58. The van der Waals surface area contributed by atoms with Crippen LogP contribution in [0.25, 0.3) is 10.2 Å². The molecule has 4 nitrogen and oxygen atoms in total. The molecule has 2 aliphatic rings. The molecule has 0 radical (unpaired) electrons. The average Bonchev–Trinajstić information content (AvgIpc) is 3.06. The lowest BCUT2D eigenvalue weighted by atomic mass is 9.89. The van der Waals surface area contributed by atoms with Gasteiger partial charge in [0.25, 0.3) is 0 Å². The number of thiophene rings is 1. The van der Waals surface area contributed by atoms with Crippen LogP contribution in [0.4, 0.5) is 15.9 Å². The minimum atomic E-state index is -0.183. The molecule has 1 fully saturated rings. The molecule has 0 bridgehead atoms. The Labute approximate surface area is 162 Å². The minimum Gasteiger partial charge on any atom is -0.368 e. The predicted molar refractivity (Wildman–Crippen MR) is 109 cm³/mol. The van der Waals surface area contributed by atoms with Gasteiger partial charge in [-0.2, -0.15) is 0 Å². The fourth-order valence-electron chi connectivity index (χ4n) is 4.33. The molecule has 0 saturated carbocycles. The summed E-state index contributed by atoms with van der Waals surface area (Å²) >= 11 is 1.86. The van der Waals surface area contributed by atoms with Crippen molar-refractivity contribution in [2.45, 2.75) is 26.2 Å². The van der Waals surface area contributed by atoms with Crippen LogP contribution in [0.5, 0.6) is 0 Å². The van der Waals surface area contributed by atoms with Crippen molar-refractivity contribution in [1.82, 2.24) is 9.97 Å². The van der Waals surface area contributed by atoms with Crippen molar-refractivity contribution in [3.63, 3.8) is 0 Å². The molecule has 1 aromatic carbocycles. The fraction of sp³-hybridized carbons (Fsp3) is 0.429. The summed E-state index contributed by atoms with van der Waals surface area (Å²) in [7, 11) is 0. The lowest BCUT2D eigenvalue weighted by molar-refractivity contribution is 0.509. The number of rotatable bonds is 2. The number of piperazine rings is 1. The number of aromatic nitrogens is 2. The first-order valence-electron chi connectivity index (χ1n) is 9.70. The third kappa shape index (κ3) is 3.06. The largest absolute Gasteiger partial charge is 0.368 e. The minimum absolute atomic E-state index is 0.183. The zero-order valence-electron chi connectivity index (χ0n) is 15.5. The van der Waals surface area contributed by atoms with Gasteiger partial charge in [-0.05, 0) is 55.0 Å². The second-order valence-corrected chi connectivity index (χ2v) is 8.76. The van der Waals surface area contributed by atoms with Crippen LogP contribution in [0, 0.1) is 11.7 Å². The van der Waals surface area contributed by atoms with Crippen molar-refractivity contribution in [1.29, 1.82) is 0 Å². The maximum absolute atomic E-state index is 13.2. The molecule has 0 spiro atoms. The highest BCUT2D eigenvalue weighted by Crippen LogP contribution is 2.40. The molecule has 6 heteroatoms. The second-order valence-electron chi connectivity index (χ2n) is 7.68. The van der Waals surface area contributed by atoms with Gasteiger partial charge in [0.05, 0.1) is 5.39 Å². The van der Waals surface area contributed by atoms with E-state index in [0.717, 1.165) is 54.9 Å². The first-order valence-corrected chi connectivity index (χ1v) is 10.5. The van der Waals surface area contributed by atoms with E-state index in [0.29, 0.717) is 0 Å². The van der Waals surface area contributed by atoms with Crippen LogP contribution in [0.3, 0.4) is 0 Å². The Bertz CT molecular complexity index is 960. The predicted octanol–water partition coefficient (Wildman–Crippen LogP) is 4.28. The number of hydrogen-bond donors (Lipinski definition) is 0. The molecule has 0 unspecified atom stereocenters. The second kappa shape index (κ2) is 6.75. The van der Waals surface area contributed by atoms with Crippen LogP contribution in [-0.4, -0.2) is 36.1 Å². The molecule has 5 rings (SSSR count). The summed E-state index contributed by atoms with van der Waals surface area (Å²) in [4.78, 5) is 16.6. The molecule has 1 aliphatic heterocycles. The quantitative estimate of drug-likeness (QED) is 0.662. The topological polar surface area (TPSA) is 32.3 Å². The van der Waals surface area contributed by atoms with Crippen molar-refractivity contribution in [3.8, 4) is 0 Å². The third-order valence-corrected chi connectivity index (χ3v) is 7.01. The van der Waals surface area contributed by atoms with E-state index in [4.69, 9.17) is 4.98 Å². The molecule has 3 heterocycles. The molecule has 3 aromatic rings. The van der Waals surface area contributed by atoms with E-state index >= 15 is 0 Å². The van der Waals surface area contributed by atoms with Crippen LogP contribution in [-0.2, 0) is 12.8 Å². The molecular weight excluding hydrogens is 359 g/mol. The maximum atomic E-state index is 13.2. The summed E-state index contributed by atoms with van der Waals surface area (Å²) in [6.07, 6.45) is 5.29. The van der Waals surface area contributed by atoms with E-state index in [1.807, 2.05) is 23.5 Å². The Balaban J connectivity index is 1.41. The molecular formula is C21H23FN4S. The molecule has 1 atom stereocenters. The van der Waals surface area contributed by atoms with E-state index in [1.54, 1.807) is 6.33 Å². The van der Waals surface area contributed by atoms with Crippen molar-refractivity contribution >= 4 is 33.1 Å². The van der Waals surface area contributed by atoms with Crippen LogP contribution in [0.15, 0.2) is 30.6 Å². The van der Waals surface area contributed by atoms with Gasteiger partial charge >= 0.3 is 0 Å². The van der Waals surface area contributed by atoms with Crippen LogP contribution in [0.2, 0.25) is 0 Å². The number of aryl methyl sites for hydroxylation is 1. The van der Waals surface area contributed by atoms with Crippen molar-refractivity contribution < 1.29 is 4.39 Å². The molecule has 27 heavy (non-hydrogen) atoms. The van der Waals surface area contributed by atoms with Crippen LogP contribution >= 0.6 is 11.3 Å². The monoisotopic (exact) mass is 382 g/mol. The highest BCUT2D eigenvalue weighted by molar-refractivity contribution is 7.19. The van der Waals surface area contributed by atoms with Gasteiger partial charge in [0.15, 0.2) is 0 Å². The number of benzene rings is 1. The van der Waals surface area contributed by atoms with Gasteiger partial charge in [-0.15, -0.1) is 11.3 Å². The maximum Gasteiger partial charge on any atom is 0.141 e. The number of halogens is 1. The zero-order chi connectivity index (χ0) is 18.4. The summed E-state index contributed by atoms with van der Waals surface area (Å²) in [6.45, 7) is 6.02. The first-order chi connectivity index (χ1) is 13.2. The van der Waals surface area contributed by atoms with Crippen molar-refractivity contribution in [2.24, 2.45) is 5.92 Å². The van der Waals surface area contributed by atoms with Gasteiger partial charge in [0.2, 0.25) is 0 Å². The summed E-state index contributed by atoms with van der Waals surface area (Å²) in [6, 6.07) is 6.80. The summed E-state index contributed by atoms with van der Waals surface area (Å²) < 4.78 is 13.2. The van der Waals surface area contributed by atoms with Crippen LogP contribution in [0.1, 0.15) is 23.8 Å². The van der Waals surface area contributed by atoms with Gasteiger partial charge in [0.1, 0.15) is 22.8 Å². The Kier molecular flexibility index (Phi) is 4.23. The Hall–Kier alpha value is -2.21. The normalized spacial score (nSPS) is 20.1. The Morgan fingerprint density at radius 1 is 1.04 bits per heavy atom. The highest BCUT2D eigenvalue weighted by atomic mass is 32.1. The molecule has 1 saturated heterocycles. The van der Waals surface area contributed by atoms with Gasteiger partial charge in [-0.25, -0.2) is 14.4 Å². The number of fused-ring (bicyclic) bond motifs is 3. The number of anilines is 2. The smallest absolute Gasteiger partial charge is 0.141 e. The Morgan fingerprint density at radius 2 is 1.78 bits per heavy atom. The first kappa shape index (κ1) is 16.9. The SMILES string of the molecule is C[C@H]1CCc2c(sc3ncnc(N4CCN(c5ccc(F)cc5)CC4)c23)C1. The van der Waals surface area contributed by atoms with E-state index in [1.165, 1.54) is 40.8 Å². The molecule has 0 N–H and O–H groups in total. The highest BCUT2D eigenvalue weighted by Gasteiger charge is 2.26. The van der Waals surface area contributed by atoms with Gasteiger partial charge in [-0.1, -0.05) is 6.92 Å². The third-order valence-electron chi connectivity index (χ3n) is 5.84. The van der Waals surface area contributed by atoms with E-state index in [-0.39, 0.29) is 5.82 Å². The number of hydrogen-bond acceptors (Lipinski definition) is 5. The van der Waals surface area contributed by atoms with Crippen LogP contribution < -0.4 is 9.80 Å².